The summed E-state index contributed by atoms with van der Waals surface area (Å²) >= 11 is 0. The van der Waals surface area contributed by atoms with Crippen LogP contribution in [0.1, 0.15) is 5.56 Å². The maximum absolute atomic E-state index is 12.7. The third-order valence-electron chi connectivity index (χ3n) is 5.13. The molecule has 3 heterocycles. The molecule has 1 fully saturated rings. The maximum Gasteiger partial charge on any atom is 0.419 e. The Bertz CT molecular complexity index is 1120. The second-order valence-corrected chi connectivity index (χ2v) is 7.02. The summed E-state index contributed by atoms with van der Waals surface area (Å²) < 4.78 is 39.4. The average molecular weight is 418 g/mol. The Balaban J connectivity index is 1.39. The number of piperazine rings is 1. The van der Waals surface area contributed by atoms with Crippen LogP contribution in [0.25, 0.3) is 10.9 Å². The number of para-hydroxylation sites is 1. The number of aromatic amines is 1. The molecule has 2 aromatic heterocycles. The van der Waals surface area contributed by atoms with Crippen LogP contribution in [0.3, 0.4) is 0 Å². The highest BCUT2D eigenvalue weighted by atomic mass is 19.4. The number of anilines is 1. The van der Waals surface area contributed by atoms with Gasteiger partial charge >= 0.3 is 6.18 Å². The summed E-state index contributed by atoms with van der Waals surface area (Å²) in [6.45, 7) is 1.65. The molecule has 0 radical (unpaired) electrons. The number of benzene rings is 1. The Morgan fingerprint density at radius 1 is 1.07 bits per heavy atom. The maximum atomic E-state index is 12.7. The molecule has 1 saturated heterocycles. The van der Waals surface area contributed by atoms with Gasteiger partial charge < -0.3 is 4.90 Å². The Hall–Kier alpha value is -3.43. The molecule has 0 aliphatic carbocycles. The number of hydrogen-bond donors (Lipinski definition) is 0. The topological polar surface area (TPSA) is 72.6 Å². The number of amides is 1. The molecule has 156 valence electrons. The van der Waals surface area contributed by atoms with Crippen LogP contribution in [0.2, 0.25) is 0 Å². The Labute approximate surface area is 169 Å². The molecule has 4 rings (SSSR count). The first kappa shape index (κ1) is 19.9. The molecule has 1 aromatic carbocycles. The zero-order valence-electron chi connectivity index (χ0n) is 15.9. The molecule has 3 aromatic rings. The molecule has 7 nitrogen and oxygen atoms in total. The van der Waals surface area contributed by atoms with Crippen molar-refractivity contribution >= 4 is 22.6 Å². The minimum Gasteiger partial charge on any atom is -0.333 e. The largest absolute Gasteiger partial charge is 0.419 e. The summed E-state index contributed by atoms with van der Waals surface area (Å²) in [5, 5.41) is 0.454. The van der Waals surface area contributed by atoms with Crippen molar-refractivity contribution in [3.05, 3.63) is 64.8 Å². The molecule has 0 unspecified atom stereocenters. The molecule has 0 spiro atoms. The van der Waals surface area contributed by atoms with Crippen LogP contribution in [0.15, 0.2) is 53.7 Å². The van der Waals surface area contributed by atoms with Crippen molar-refractivity contribution in [3.63, 3.8) is 0 Å². The smallest absolute Gasteiger partial charge is 0.333 e. The van der Waals surface area contributed by atoms with E-state index in [-0.39, 0.29) is 18.0 Å². The second kappa shape index (κ2) is 7.77. The van der Waals surface area contributed by atoms with Gasteiger partial charge in [0.25, 0.3) is 11.4 Å². The highest BCUT2D eigenvalue weighted by Crippen LogP contribution is 2.28. The van der Waals surface area contributed by atoms with E-state index in [1.54, 1.807) is 29.2 Å². The van der Waals surface area contributed by atoms with Crippen molar-refractivity contribution in [3.8, 4) is 0 Å². The van der Waals surface area contributed by atoms with Crippen molar-refractivity contribution in [2.45, 2.75) is 12.7 Å². The van der Waals surface area contributed by atoms with E-state index in [1.807, 2.05) is 4.90 Å². The number of carbonyl (C=O) groups excluding carboxylic acids is 1. The number of nitrogens with zero attached hydrogens (tertiary/aromatic N) is 4. The number of alkyl halides is 3. The van der Waals surface area contributed by atoms with Crippen molar-refractivity contribution < 1.29 is 22.9 Å². The van der Waals surface area contributed by atoms with Gasteiger partial charge in [0, 0.05) is 6.07 Å². The van der Waals surface area contributed by atoms with E-state index in [9.17, 15) is 22.8 Å². The third kappa shape index (κ3) is 3.98. The Kier molecular flexibility index (Phi) is 5.15. The monoisotopic (exact) mass is 418 g/mol. The Morgan fingerprint density at radius 2 is 1.80 bits per heavy atom. The van der Waals surface area contributed by atoms with E-state index in [0.717, 1.165) is 12.3 Å². The van der Waals surface area contributed by atoms with Crippen molar-refractivity contribution in [2.75, 3.05) is 31.1 Å². The van der Waals surface area contributed by atoms with E-state index < -0.39 is 11.7 Å². The SMILES string of the molecule is O=C(Cn1cnc2ccccc2c1=O)N1CCN(c2ccc(C(F)(F)F)c[nH+]2)CC1. The van der Waals surface area contributed by atoms with Gasteiger partial charge in [-0.15, -0.1) is 0 Å². The molecular weight excluding hydrogens is 399 g/mol. The molecule has 10 heteroatoms. The van der Waals surface area contributed by atoms with Crippen LogP contribution < -0.4 is 15.4 Å². The predicted octanol–water partition coefficient (Wildman–Crippen LogP) is 1.58. The fourth-order valence-corrected chi connectivity index (χ4v) is 3.45. The minimum absolute atomic E-state index is 0.108. The zero-order valence-corrected chi connectivity index (χ0v) is 15.9. The van der Waals surface area contributed by atoms with Crippen LogP contribution in [-0.2, 0) is 17.5 Å². The van der Waals surface area contributed by atoms with E-state index in [2.05, 4.69) is 9.97 Å². The molecule has 0 bridgehead atoms. The van der Waals surface area contributed by atoms with Gasteiger partial charge in [-0.1, -0.05) is 12.1 Å². The molecule has 1 aliphatic rings. The summed E-state index contributed by atoms with van der Waals surface area (Å²) in [5.74, 6) is 0.357. The van der Waals surface area contributed by atoms with Crippen molar-refractivity contribution in [1.82, 2.24) is 14.5 Å². The van der Waals surface area contributed by atoms with Gasteiger partial charge in [-0.05, 0) is 18.2 Å². The van der Waals surface area contributed by atoms with Gasteiger partial charge in [0.05, 0.1) is 35.9 Å². The van der Waals surface area contributed by atoms with Crippen LogP contribution in [0, 0.1) is 0 Å². The average Bonchev–Trinajstić information content (AvgIpc) is 2.75. The first-order valence-electron chi connectivity index (χ1n) is 9.39. The van der Waals surface area contributed by atoms with Crippen LogP contribution in [0.4, 0.5) is 19.0 Å². The van der Waals surface area contributed by atoms with E-state index in [1.165, 1.54) is 17.0 Å². The quantitative estimate of drug-likeness (QED) is 0.648. The second-order valence-electron chi connectivity index (χ2n) is 7.02. The van der Waals surface area contributed by atoms with Crippen LogP contribution >= 0.6 is 0 Å². The normalized spacial score (nSPS) is 14.9. The number of pyridine rings is 1. The van der Waals surface area contributed by atoms with Gasteiger partial charge in [-0.2, -0.15) is 13.2 Å². The van der Waals surface area contributed by atoms with Crippen LogP contribution in [-0.4, -0.2) is 46.5 Å². The van der Waals surface area contributed by atoms with Gasteiger partial charge in [0.1, 0.15) is 25.8 Å². The van der Waals surface area contributed by atoms with Gasteiger partial charge in [0.15, 0.2) is 0 Å². The summed E-state index contributed by atoms with van der Waals surface area (Å²) in [7, 11) is 0. The molecule has 0 atom stereocenters. The molecule has 1 N–H and O–H groups in total. The zero-order chi connectivity index (χ0) is 21.3. The fourth-order valence-electron chi connectivity index (χ4n) is 3.45. The summed E-state index contributed by atoms with van der Waals surface area (Å²) in [5.41, 5.74) is -0.436. The van der Waals surface area contributed by atoms with Gasteiger partial charge in [-0.25, -0.2) is 9.97 Å². The first-order chi connectivity index (χ1) is 14.3. The van der Waals surface area contributed by atoms with Gasteiger partial charge in [0.2, 0.25) is 5.91 Å². The third-order valence-corrected chi connectivity index (χ3v) is 5.13. The minimum atomic E-state index is -4.39. The Morgan fingerprint density at radius 3 is 2.47 bits per heavy atom. The number of fused-ring (bicyclic) bond motifs is 1. The number of nitrogens with one attached hydrogen (secondary N) is 1. The standard InChI is InChI=1S/C20H18F3N5O2/c21-20(22,23)14-5-6-17(24-11-14)26-7-9-27(10-8-26)18(29)12-28-13-25-16-4-2-1-3-15(16)19(28)30/h1-6,11,13H,7-10,12H2/p+1. The predicted molar refractivity (Wildman–Crippen MR) is 103 cm³/mol. The number of aromatic nitrogens is 3. The summed E-state index contributed by atoms with van der Waals surface area (Å²) in [6.07, 6.45) is -2.09. The van der Waals surface area contributed by atoms with Crippen LogP contribution in [0.5, 0.6) is 0 Å². The van der Waals surface area contributed by atoms with E-state index in [4.69, 9.17) is 0 Å². The van der Waals surface area contributed by atoms with Crippen molar-refractivity contribution in [1.29, 1.82) is 0 Å². The summed E-state index contributed by atoms with van der Waals surface area (Å²) in [4.78, 5) is 35.6. The van der Waals surface area contributed by atoms with E-state index >= 15 is 0 Å². The lowest BCUT2D eigenvalue weighted by molar-refractivity contribution is -0.367. The number of carbonyl (C=O) groups is 1. The number of rotatable bonds is 3. The number of hydrogen-bond acceptors (Lipinski definition) is 4. The van der Waals surface area contributed by atoms with Gasteiger partial charge in [-0.3, -0.25) is 19.1 Å². The van der Waals surface area contributed by atoms with Crippen molar-refractivity contribution in [2.24, 2.45) is 0 Å². The number of H-pyrrole nitrogens is 1. The lowest BCUT2D eigenvalue weighted by Crippen LogP contribution is -2.51. The molecule has 1 aliphatic heterocycles. The first-order valence-corrected chi connectivity index (χ1v) is 9.39. The fraction of sp³-hybridized carbons (Fsp3) is 0.300. The molecule has 0 saturated carbocycles. The molecular formula is C20H19F3N5O2+. The lowest BCUT2D eigenvalue weighted by Gasteiger charge is -2.31. The number of halogens is 3. The summed E-state index contributed by atoms with van der Waals surface area (Å²) in [6, 6.07) is 9.36. The molecule has 1 amide bonds. The molecule has 30 heavy (non-hydrogen) atoms. The lowest BCUT2D eigenvalue weighted by atomic mass is 10.2. The highest BCUT2D eigenvalue weighted by molar-refractivity contribution is 5.79. The van der Waals surface area contributed by atoms with E-state index in [0.29, 0.717) is 42.9 Å². The highest BCUT2D eigenvalue weighted by Gasteiger charge is 2.33.